The van der Waals surface area contributed by atoms with E-state index in [0.717, 1.165) is 16.3 Å². The maximum Gasteiger partial charge on any atom is 0.326 e. The van der Waals surface area contributed by atoms with Crippen LogP contribution in [0, 0.1) is 6.92 Å². The molecular formula is C13H17N3O3S. The molecule has 0 saturated heterocycles. The van der Waals surface area contributed by atoms with Crippen LogP contribution in [0.15, 0.2) is 11.6 Å². The predicted octanol–water partition coefficient (Wildman–Crippen LogP) is 1.57. The molecule has 0 fully saturated rings. The van der Waals surface area contributed by atoms with Gasteiger partial charge < -0.3 is 10.0 Å². The smallest absolute Gasteiger partial charge is 0.326 e. The van der Waals surface area contributed by atoms with Crippen molar-refractivity contribution < 1.29 is 14.7 Å². The third-order valence-corrected chi connectivity index (χ3v) is 4.16. The van der Waals surface area contributed by atoms with Crippen LogP contribution in [-0.2, 0) is 16.0 Å². The fourth-order valence-electron chi connectivity index (χ4n) is 2.14. The summed E-state index contributed by atoms with van der Waals surface area (Å²) in [5.74, 6) is -1.18. The van der Waals surface area contributed by atoms with Crippen molar-refractivity contribution in [3.8, 4) is 0 Å². The molecule has 0 aliphatic rings. The summed E-state index contributed by atoms with van der Waals surface area (Å²) in [5, 5.41) is 11.0. The molecule has 0 saturated carbocycles. The zero-order valence-corrected chi connectivity index (χ0v) is 12.5. The second-order valence-electron chi connectivity index (χ2n) is 4.71. The zero-order valence-electron chi connectivity index (χ0n) is 11.7. The summed E-state index contributed by atoms with van der Waals surface area (Å²) in [4.78, 5) is 29.8. The number of aromatic nitrogens is 2. The zero-order chi connectivity index (χ0) is 14.9. The van der Waals surface area contributed by atoms with Crippen molar-refractivity contribution in [2.75, 3.05) is 7.05 Å². The fraction of sp³-hybridized carbons (Fsp3) is 0.462. The number of thiazole rings is 1. The summed E-state index contributed by atoms with van der Waals surface area (Å²) >= 11 is 1.47. The molecule has 0 radical (unpaired) electrons. The highest BCUT2D eigenvalue weighted by molar-refractivity contribution is 7.15. The van der Waals surface area contributed by atoms with Gasteiger partial charge in [0.2, 0.25) is 5.91 Å². The third kappa shape index (κ3) is 2.67. The average molecular weight is 295 g/mol. The van der Waals surface area contributed by atoms with Crippen LogP contribution < -0.4 is 0 Å². The largest absolute Gasteiger partial charge is 0.480 e. The molecule has 2 aromatic rings. The number of fused-ring (bicyclic) bond motifs is 1. The Balaban J connectivity index is 2.16. The number of amides is 1. The van der Waals surface area contributed by atoms with E-state index in [1.165, 1.54) is 23.3 Å². The minimum absolute atomic E-state index is 0.177. The average Bonchev–Trinajstić information content (AvgIpc) is 2.90. The number of hydrogen-bond donors (Lipinski definition) is 1. The van der Waals surface area contributed by atoms with Crippen molar-refractivity contribution in [2.45, 2.75) is 32.7 Å². The quantitative estimate of drug-likeness (QED) is 0.908. The molecule has 108 valence electrons. The molecule has 0 aromatic carbocycles. The summed E-state index contributed by atoms with van der Waals surface area (Å²) in [6, 6.07) is -0.777. The molecule has 0 bridgehead atoms. The molecule has 0 aliphatic carbocycles. The number of likely N-dealkylation sites (N-methyl/N-ethyl adjacent to an activating group) is 1. The third-order valence-electron chi connectivity index (χ3n) is 3.27. The van der Waals surface area contributed by atoms with Crippen LogP contribution in [0.1, 0.15) is 24.7 Å². The number of imidazole rings is 1. The lowest BCUT2D eigenvalue weighted by Gasteiger charge is -2.23. The summed E-state index contributed by atoms with van der Waals surface area (Å²) in [6.45, 7) is 3.65. The molecule has 1 N–H and O–H groups in total. The van der Waals surface area contributed by atoms with E-state index in [2.05, 4.69) is 4.98 Å². The van der Waals surface area contributed by atoms with Gasteiger partial charge in [0.05, 0.1) is 12.1 Å². The first-order valence-electron chi connectivity index (χ1n) is 6.34. The van der Waals surface area contributed by atoms with Gasteiger partial charge in [-0.25, -0.2) is 9.78 Å². The van der Waals surface area contributed by atoms with E-state index >= 15 is 0 Å². The molecule has 1 amide bonds. The number of carboxylic acids is 1. The maximum atomic E-state index is 12.2. The Labute approximate surface area is 120 Å². The van der Waals surface area contributed by atoms with Gasteiger partial charge >= 0.3 is 5.97 Å². The van der Waals surface area contributed by atoms with Crippen molar-refractivity contribution >= 4 is 28.2 Å². The van der Waals surface area contributed by atoms with E-state index in [4.69, 9.17) is 5.11 Å². The van der Waals surface area contributed by atoms with Crippen LogP contribution in [0.2, 0.25) is 0 Å². The normalized spacial score (nSPS) is 12.6. The summed E-state index contributed by atoms with van der Waals surface area (Å²) in [6.07, 6.45) is 2.44. The number of rotatable bonds is 5. The Morgan fingerprint density at radius 3 is 2.85 bits per heavy atom. The monoisotopic (exact) mass is 295 g/mol. The van der Waals surface area contributed by atoms with Crippen molar-refractivity contribution in [1.29, 1.82) is 0 Å². The van der Waals surface area contributed by atoms with Crippen molar-refractivity contribution in [3.05, 3.63) is 23.0 Å². The van der Waals surface area contributed by atoms with Crippen molar-refractivity contribution in [3.63, 3.8) is 0 Å². The van der Waals surface area contributed by atoms with E-state index < -0.39 is 12.0 Å². The number of carbonyl (C=O) groups is 2. The molecule has 0 spiro atoms. The standard InChI is InChI=1S/C13H17N3O3S/c1-4-10(12(18)19)15(3)11(17)5-9-7-20-13-14-8(2)6-16(9)13/h6-7,10H,4-5H2,1-3H3,(H,18,19). The Kier molecular flexibility index (Phi) is 4.08. The Morgan fingerprint density at radius 2 is 2.25 bits per heavy atom. The first-order chi connectivity index (χ1) is 9.43. The van der Waals surface area contributed by atoms with E-state index in [0.29, 0.717) is 6.42 Å². The van der Waals surface area contributed by atoms with Crippen LogP contribution in [0.3, 0.4) is 0 Å². The van der Waals surface area contributed by atoms with E-state index in [-0.39, 0.29) is 12.3 Å². The molecule has 7 heteroatoms. The topological polar surface area (TPSA) is 74.9 Å². The first kappa shape index (κ1) is 14.5. The highest BCUT2D eigenvalue weighted by Crippen LogP contribution is 2.18. The van der Waals surface area contributed by atoms with Crippen molar-refractivity contribution in [1.82, 2.24) is 14.3 Å². The van der Waals surface area contributed by atoms with Crippen LogP contribution in [0.4, 0.5) is 0 Å². The maximum absolute atomic E-state index is 12.2. The van der Waals surface area contributed by atoms with Gasteiger partial charge in [-0.1, -0.05) is 6.92 Å². The molecule has 2 heterocycles. The minimum Gasteiger partial charge on any atom is -0.480 e. The van der Waals surface area contributed by atoms with Gasteiger partial charge in [0.1, 0.15) is 6.04 Å². The Bertz CT molecular complexity index is 646. The number of nitrogens with zero attached hydrogens (tertiary/aromatic N) is 3. The van der Waals surface area contributed by atoms with E-state index in [9.17, 15) is 9.59 Å². The lowest BCUT2D eigenvalue weighted by Crippen LogP contribution is -2.42. The number of carbonyl (C=O) groups excluding carboxylic acids is 1. The second-order valence-corrected chi connectivity index (χ2v) is 5.54. The molecule has 2 rings (SSSR count). The lowest BCUT2D eigenvalue weighted by atomic mass is 10.2. The number of aliphatic carboxylic acids is 1. The Morgan fingerprint density at radius 1 is 1.55 bits per heavy atom. The molecule has 1 unspecified atom stereocenters. The van der Waals surface area contributed by atoms with Gasteiger partial charge in [0.15, 0.2) is 4.96 Å². The van der Waals surface area contributed by atoms with Crippen LogP contribution in [0.5, 0.6) is 0 Å². The van der Waals surface area contributed by atoms with Gasteiger partial charge in [0, 0.05) is 24.3 Å². The predicted molar refractivity (Wildman–Crippen MR) is 76.0 cm³/mol. The van der Waals surface area contributed by atoms with Crippen molar-refractivity contribution in [2.24, 2.45) is 0 Å². The second kappa shape index (κ2) is 5.62. The minimum atomic E-state index is -0.975. The highest BCUT2D eigenvalue weighted by Gasteiger charge is 2.25. The lowest BCUT2D eigenvalue weighted by molar-refractivity contribution is -0.148. The van der Waals surface area contributed by atoms with Gasteiger partial charge in [0.25, 0.3) is 0 Å². The number of aryl methyl sites for hydroxylation is 1. The summed E-state index contributed by atoms with van der Waals surface area (Å²) in [5.41, 5.74) is 1.73. The van der Waals surface area contributed by atoms with Gasteiger partial charge in [-0.3, -0.25) is 9.20 Å². The van der Waals surface area contributed by atoms with E-state index in [1.807, 2.05) is 22.9 Å². The van der Waals surface area contributed by atoms with Crippen LogP contribution >= 0.6 is 11.3 Å². The number of hydrogen-bond acceptors (Lipinski definition) is 4. The molecular weight excluding hydrogens is 278 g/mol. The van der Waals surface area contributed by atoms with Gasteiger partial charge in [-0.2, -0.15) is 0 Å². The SMILES string of the molecule is CCC(C(=O)O)N(C)C(=O)Cc1csc2nc(C)cn12. The molecule has 6 nitrogen and oxygen atoms in total. The Hall–Kier alpha value is -1.89. The van der Waals surface area contributed by atoms with Crippen LogP contribution in [-0.4, -0.2) is 44.4 Å². The first-order valence-corrected chi connectivity index (χ1v) is 7.22. The molecule has 1 atom stereocenters. The summed E-state index contributed by atoms with van der Waals surface area (Å²) < 4.78 is 1.88. The fourth-order valence-corrected chi connectivity index (χ4v) is 3.06. The van der Waals surface area contributed by atoms with Crippen LogP contribution in [0.25, 0.3) is 4.96 Å². The molecule has 0 aliphatic heterocycles. The van der Waals surface area contributed by atoms with E-state index in [1.54, 1.807) is 6.92 Å². The molecule has 20 heavy (non-hydrogen) atoms. The highest BCUT2D eigenvalue weighted by atomic mass is 32.1. The summed E-state index contributed by atoms with van der Waals surface area (Å²) in [7, 11) is 1.54. The van der Waals surface area contributed by atoms with Gasteiger partial charge in [-0.05, 0) is 13.3 Å². The number of carboxylic acid groups (broad SMARTS) is 1. The van der Waals surface area contributed by atoms with Gasteiger partial charge in [-0.15, -0.1) is 11.3 Å². The molecule has 2 aromatic heterocycles.